The van der Waals surface area contributed by atoms with E-state index in [4.69, 9.17) is 4.74 Å². The first kappa shape index (κ1) is 18.1. The quantitative estimate of drug-likeness (QED) is 0.794. The number of ether oxygens (including phenoxy) is 1. The monoisotopic (exact) mass is 352 g/mol. The number of esters is 1. The van der Waals surface area contributed by atoms with Gasteiger partial charge in [-0.25, -0.2) is 4.79 Å². The number of rotatable bonds is 4. The summed E-state index contributed by atoms with van der Waals surface area (Å²) >= 11 is 0. The first-order valence-corrected chi connectivity index (χ1v) is 8.79. The Morgan fingerprint density at radius 3 is 2.54 bits per heavy atom. The van der Waals surface area contributed by atoms with Crippen molar-refractivity contribution in [1.82, 2.24) is 4.90 Å². The zero-order valence-corrected chi connectivity index (χ0v) is 15.4. The van der Waals surface area contributed by atoms with E-state index in [1.165, 1.54) is 7.11 Å². The minimum Gasteiger partial charge on any atom is -0.465 e. The van der Waals surface area contributed by atoms with Gasteiger partial charge in [0.05, 0.1) is 18.7 Å². The second kappa shape index (κ2) is 7.70. The van der Waals surface area contributed by atoms with Crippen LogP contribution in [0.3, 0.4) is 0 Å². The molecule has 5 nitrogen and oxygen atoms in total. The number of anilines is 1. The maximum absolute atomic E-state index is 12.8. The fourth-order valence-corrected chi connectivity index (χ4v) is 3.28. The van der Waals surface area contributed by atoms with Crippen molar-refractivity contribution < 1.29 is 14.3 Å². The Labute approximate surface area is 154 Å². The molecular weight excluding hydrogens is 328 g/mol. The Morgan fingerprint density at radius 1 is 1.15 bits per heavy atom. The van der Waals surface area contributed by atoms with E-state index >= 15 is 0 Å². The molecule has 0 bridgehead atoms. The first-order chi connectivity index (χ1) is 12.5. The third-order valence-electron chi connectivity index (χ3n) is 4.86. The van der Waals surface area contributed by atoms with Gasteiger partial charge >= 0.3 is 5.97 Å². The first-order valence-electron chi connectivity index (χ1n) is 8.79. The second-order valence-electron chi connectivity index (χ2n) is 6.66. The zero-order valence-electron chi connectivity index (χ0n) is 15.4. The second-order valence-corrected chi connectivity index (χ2v) is 6.66. The number of piperazine rings is 1. The summed E-state index contributed by atoms with van der Waals surface area (Å²) in [7, 11) is 1.37. The highest BCUT2D eigenvalue weighted by Gasteiger charge is 2.32. The largest absolute Gasteiger partial charge is 0.465 e. The Hall–Kier alpha value is -2.66. The average Bonchev–Trinajstić information content (AvgIpc) is 2.65. The van der Waals surface area contributed by atoms with Crippen molar-refractivity contribution in [1.29, 1.82) is 0 Å². The SMILES string of the molecule is COC(=O)c1ccc(CN2CCN(c3cccc(C)c3)C(=O)[C@@H]2C)cc1. The molecular formula is C21H24N2O3. The summed E-state index contributed by atoms with van der Waals surface area (Å²) in [6.07, 6.45) is 0. The molecule has 26 heavy (non-hydrogen) atoms. The summed E-state index contributed by atoms with van der Waals surface area (Å²) in [6, 6.07) is 15.2. The number of aryl methyl sites for hydroxylation is 1. The fraction of sp³-hybridized carbons (Fsp3) is 0.333. The van der Waals surface area contributed by atoms with Crippen LogP contribution in [0.1, 0.15) is 28.4 Å². The van der Waals surface area contributed by atoms with Crippen LogP contribution >= 0.6 is 0 Å². The third-order valence-corrected chi connectivity index (χ3v) is 4.86. The summed E-state index contributed by atoms with van der Waals surface area (Å²) in [5.41, 5.74) is 3.71. The van der Waals surface area contributed by atoms with Gasteiger partial charge in [0.1, 0.15) is 0 Å². The van der Waals surface area contributed by atoms with Crippen molar-refractivity contribution in [3.05, 3.63) is 65.2 Å². The zero-order chi connectivity index (χ0) is 18.7. The van der Waals surface area contributed by atoms with Gasteiger partial charge in [-0.05, 0) is 49.2 Å². The number of nitrogens with zero attached hydrogens (tertiary/aromatic N) is 2. The predicted octanol–water partition coefficient (Wildman–Crippen LogP) is 3.02. The van der Waals surface area contributed by atoms with Gasteiger partial charge < -0.3 is 9.64 Å². The lowest BCUT2D eigenvalue weighted by Crippen LogP contribution is -2.55. The van der Waals surface area contributed by atoms with Crippen molar-refractivity contribution in [2.45, 2.75) is 26.4 Å². The van der Waals surface area contributed by atoms with Crippen molar-refractivity contribution in [3.8, 4) is 0 Å². The molecule has 136 valence electrons. The van der Waals surface area contributed by atoms with Gasteiger partial charge in [0.15, 0.2) is 0 Å². The maximum atomic E-state index is 12.8. The number of methoxy groups -OCH3 is 1. The van der Waals surface area contributed by atoms with Crippen molar-refractivity contribution in [3.63, 3.8) is 0 Å². The Balaban J connectivity index is 1.68. The van der Waals surface area contributed by atoms with Gasteiger partial charge in [-0.3, -0.25) is 9.69 Å². The standard InChI is InChI=1S/C21H24N2O3/c1-15-5-4-6-19(13-15)23-12-11-22(16(2)20(23)24)14-17-7-9-18(10-8-17)21(25)26-3/h4-10,13,16H,11-12,14H2,1-3H3/t16-/m0/s1. The van der Waals surface area contributed by atoms with E-state index in [1.54, 1.807) is 12.1 Å². The van der Waals surface area contributed by atoms with E-state index in [-0.39, 0.29) is 17.9 Å². The van der Waals surface area contributed by atoms with Crippen LogP contribution in [0.5, 0.6) is 0 Å². The van der Waals surface area contributed by atoms with E-state index in [0.29, 0.717) is 18.7 Å². The predicted molar refractivity (Wildman–Crippen MR) is 101 cm³/mol. The van der Waals surface area contributed by atoms with Crippen LogP contribution in [0, 0.1) is 6.92 Å². The molecule has 0 unspecified atom stereocenters. The third kappa shape index (κ3) is 3.78. The number of benzene rings is 2. The van der Waals surface area contributed by atoms with Crippen LogP contribution in [0.2, 0.25) is 0 Å². The lowest BCUT2D eigenvalue weighted by Gasteiger charge is -2.39. The van der Waals surface area contributed by atoms with Crippen LogP contribution < -0.4 is 4.90 Å². The van der Waals surface area contributed by atoms with Gasteiger partial charge in [-0.15, -0.1) is 0 Å². The topological polar surface area (TPSA) is 49.9 Å². The number of amides is 1. The molecule has 1 aliphatic heterocycles. The van der Waals surface area contributed by atoms with Crippen LogP contribution in [0.25, 0.3) is 0 Å². The van der Waals surface area contributed by atoms with Gasteiger partial charge in [-0.2, -0.15) is 0 Å². The summed E-state index contributed by atoms with van der Waals surface area (Å²) < 4.78 is 4.72. The maximum Gasteiger partial charge on any atom is 0.337 e. The van der Waals surface area contributed by atoms with Gasteiger partial charge in [-0.1, -0.05) is 24.3 Å². The molecule has 1 atom stereocenters. The molecule has 1 saturated heterocycles. The van der Waals surface area contributed by atoms with E-state index in [1.807, 2.05) is 55.1 Å². The molecule has 5 heteroatoms. The fourth-order valence-electron chi connectivity index (χ4n) is 3.28. The summed E-state index contributed by atoms with van der Waals surface area (Å²) in [4.78, 5) is 28.4. The van der Waals surface area contributed by atoms with Crippen LogP contribution in [-0.4, -0.2) is 43.0 Å². The lowest BCUT2D eigenvalue weighted by atomic mass is 10.1. The molecule has 0 spiro atoms. The van der Waals surface area contributed by atoms with Crippen molar-refractivity contribution >= 4 is 17.6 Å². The highest BCUT2D eigenvalue weighted by Crippen LogP contribution is 2.22. The van der Waals surface area contributed by atoms with E-state index in [9.17, 15) is 9.59 Å². The van der Waals surface area contributed by atoms with Crippen LogP contribution in [0.15, 0.2) is 48.5 Å². The highest BCUT2D eigenvalue weighted by molar-refractivity contribution is 5.97. The molecule has 2 aromatic carbocycles. The summed E-state index contributed by atoms with van der Waals surface area (Å²) in [5, 5.41) is 0. The molecule has 1 aliphatic rings. The molecule has 1 fully saturated rings. The number of hydrogen-bond acceptors (Lipinski definition) is 4. The lowest BCUT2D eigenvalue weighted by molar-refractivity contribution is -0.125. The minimum atomic E-state index is -0.341. The molecule has 3 rings (SSSR count). The van der Waals surface area contributed by atoms with Gasteiger partial charge in [0.25, 0.3) is 0 Å². The molecule has 0 N–H and O–H groups in total. The average molecular weight is 352 g/mol. The molecule has 0 saturated carbocycles. The number of carbonyl (C=O) groups is 2. The number of hydrogen-bond donors (Lipinski definition) is 0. The molecule has 2 aromatic rings. The van der Waals surface area contributed by atoms with Crippen molar-refractivity contribution in [2.75, 3.05) is 25.1 Å². The molecule has 0 radical (unpaired) electrons. The Kier molecular flexibility index (Phi) is 5.38. The highest BCUT2D eigenvalue weighted by atomic mass is 16.5. The Morgan fingerprint density at radius 2 is 1.88 bits per heavy atom. The van der Waals surface area contributed by atoms with E-state index in [2.05, 4.69) is 4.90 Å². The Bertz CT molecular complexity index is 801. The van der Waals surface area contributed by atoms with Crippen LogP contribution in [-0.2, 0) is 16.1 Å². The molecule has 0 aromatic heterocycles. The normalized spacial score (nSPS) is 18.0. The molecule has 1 amide bonds. The molecule has 1 heterocycles. The van der Waals surface area contributed by atoms with E-state index in [0.717, 1.165) is 23.4 Å². The van der Waals surface area contributed by atoms with Gasteiger partial charge in [0.2, 0.25) is 5.91 Å². The summed E-state index contributed by atoms with van der Waals surface area (Å²) in [5.74, 6) is -0.222. The van der Waals surface area contributed by atoms with Gasteiger partial charge in [0, 0.05) is 25.3 Å². The smallest absolute Gasteiger partial charge is 0.337 e. The minimum absolute atomic E-state index is 0.119. The van der Waals surface area contributed by atoms with E-state index < -0.39 is 0 Å². The summed E-state index contributed by atoms with van der Waals surface area (Å²) in [6.45, 7) is 6.14. The number of carbonyl (C=O) groups excluding carboxylic acids is 2. The van der Waals surface area contributed by atoms with Crippen molar-refractivity contribution in [2.24, 2.45) is 0 Å². The molecule has 0 aliphatic carbocycles. The van der Waals surface area contributed by atoms with Crippen LogP contribution in [0.4, 0.5) is 5.69 Å².